The second-order valence-electron chi connectivity index (χ2n) is 3.84. The zero-order chi connectivity index (χ0) is 12.3. The Hall–Kier alpha value is -1.68. The third kappa shape index (κ3) is 3.14. The van der Waals surface area contributed by atoms with Gasteiger partial charge in [0.2, 0.25) is 5.91 Å². The summed E-state index contributed by atoms with van der Waals surface area (Å²) in [5, 5.41) is 6.40. The van der Waals surface area contributed by atoms with Gasteiger partial charge in [-0.2, -0.15) is 11.3 Å². The zero-order valence-electron chi connectivity index (χ0n) is 9.37. The molecule has 1 aromatic carbocycles. The van der Waals surface area contributed by atoms with Gasteiger partial charge in [-0.15, -0.1) is 0 Å². The monoisotopic (exact) mass is 249 g/mol. The molecule has 0 unspecified atom stereocenters. The van der Waals surface area contributed by atoms with Gasteiger partial charge in [-0.05, 0) is 47.0 Å². The number of thiophene rings is 1. The molecule has 1 amide bonds. The molecule has 17 heavy (non-hydrogen) atoms. The number of aryl methyl sites for hydroxylation is 1. The van der Waals surface area contributed by atoms with Crippen LogP contribution in [0.3, 0.4) is 0 Å². The number of hydrogen-bond acceptors (Lipinski definition) is 2. The van der Waals surface area contributed by atoms with Crippen molar-refractivity contribution in [2.75, 3.05) is 5.32 Å². The van der Waals surface area contributed by atoms with Crippen LogP contribution in [0, 0.1) is 12.7 Å². The van der Waals surface area contributed by atoms with Crippen molar-refractivity contribution in [3.63, 3.8) is 0 Å². The normalized spacial score (nSPS) is 10.2. The maximum Gasteiger partial charge on any atom is 0.228 e. The van der Waals surface area contributed by atoms with Crippen LogP contribution < -0.4 is 5.32 Å². The second-order valence-corrected chi connectivity index (χ2v) is 4.62. The van der Waals surface area contributed by atoms with E-state index in [0.717, 1.165) is 11.1 Å². The Morgan fingerprint density at radius 2 is 2.24 bits per heavy atom. The molecule has 1 N–H and O–H groups in total. The molecule has 1 heterocycles. The second kappa shape index (κ2) is 5.10. The smallest absolute Gasteiger partial charge is 0.228 e. The maximum atomic E-state index is 13.4. The van der Waals surface area contributed by atoms with Gasteiger partial charge in [0, 0.05) is 0 Å². The van der Waals surface area contributed by atoms with Gasteiger partial charge < -0.3 is 5.32 Å². The predicted octanol–water partition coefficient (Wildman–Crippen LogP) is 3.38. The van der Waals surface area contributed by atoms with E-state index in [1.165, 1.54) is 17.4 Å². The molecule has 2 aromatic rings. The van der Waals surface area contributed by atoms with Crippen molar-refractivity contribution in [2.24, 2.45) is 0 Å². The van der Waals surface area contributed by atoms with E-state index in [0.29, 0.717) is 0 Å². The minimum absolute atomic E-state index is 0.201. The fraction of sp³-hybridized carbons (Fsp3) is 0.154. The van der Waals surface area contributed by atoms with E-state index in [-0.39, 0.29) is 18.0 Å². The summed E-state index contributed by atoms with van der Waals surface area (Å²) in [7, 11) is 0. The Labute approximate surface area is 103 Å². The molecule has 2 rings (SSSR count). The first-order valence-corrected chi connectivity index (χ1v) is 6.16. The van der Waals surface area contributed by atoms with Gasteiger partial charge in [0.15, 0.2) is 0 Å². The molecule has 0 fully saturated rings. The minimum Gasteiger partial charge on any atom is -0.323 e. The Balaban J connectivity index is 2.05. The lowest BCUT2D eigenvalue weighted by Crippen LogP contribution is -2.15. The first kappa shape index (κ1) is 11.8. The molecule has 0 saturated carbocycles. The summed E-state index contributed by atoms with van der Waals surface area (Å²) in [5.74, 6) is -0.609. The molecular weight excluding hydrogens is 237 g/mol. The van der Waals surface area contributed by atoms with Crippen molar-refractivity contribution < 1.29 is 9.18 Å². The van der Waals surface area contributed by atoms with Gasteiger partial charge in [-0.1, -0.05) is 6.07 Å². The van der Waals surface area contributed by atoms with Crippen molar-refractivity contribution in [1.82, 2.24) is 0 Å². The molecule has 0 spiro atoms. The number of rotatable bonds is 3. The molecule has 1 aromatic heterocycles. The van der Waals surface area contributed by atoms with Crippen molar-refractivity contribution >= 4 is 22.9 Å². The molecule has 0 aliphatic carbocycles. The van der Waals surface area contributed by atoms with Crippen LogP contribution in [0.15, 0.2) is 35.0 Å². The summed E-state index contributed by atoms with van der Waals surface area (Å²) in [6.07, 6.45) is 0.275. The zero-order valence-corrected chi connectivity index (χ0v) is 10.2. The molecule has 0 aliphatic rings. The molecule has 0 aliphatic heterocycles. The first-order chi connectivity index (χ1) is 8.15. The Morgan fingerprint density at radius 1 is 1.41 bits per heavy atom. The SMILES string of the molecule is Cc1ccc(F)c(NC(=O)Cc2ccsc2)c1. The predicted molar refractivity (Wildman–Crippen MR) is 67.8 cm³/mol. The maximum absolute atomic E-state index is 13.4. The Morgan fingerprint density at radius 3 is 2.94 bits per heavy atom. The quantitative estimate of drug-likeness (QED) is 0.887. The number of carbonyl (C=O) groups excluding carboxylic acids is 1. The van der Waals surface area contributed by atoms with E-state index in [1.54, 1.807) is 12.1 Å². The molecule has 0 atom stereocenters. The first-order valence-electron chi connectivity index (χ1n) is 5.22. The van der Waals surface area contributed by atoms with E-state index >= 15 is 0 Å². The fourth-order valence-corrected chi connectivity index (χ4v) is 2.18. The molecule has 0 bridgehead atoms. The van der Waals surface area contributed by atoms with Gasteiger partial charge in [0.25, 0.3) is 0 Å². The fourth-order valence-electron chi connectivity index (χ4n) is 1.51. The number of nitrogens with one attached hydrogen (secondary N) is 1. The van der Waals surface area contributed by atoms with Gasteiger partial charge in [0.05, 0.1) is 12.1 Å². The number of halogens is 1. The van der Waals surface area contributed by atoms with Gasteiger partial charge >= 0.3 is 0 Å². The lowest BCUT2D eigenvalue weighted by Gasteiger charge is -2.06. The van der Waals surface area contributed by atoms with E-state index in [2.05, 4.69) is 5.32 Å². The van der Waals surface area contributed by atoms with Crippen molar-refractivity contribution in [3.8, 4) is 0 Å². The highest BCUT2D eigenvalue weighted by Crippen LogP contribution is 2.16. The van der Waals surface area contributed by atoms with Gasteiger partial charge in [-0.3, -0.25) is 4.79 Å². The number of amides is 1. The summed E-state index contributed by atoms with van der Waals surface area (Å²) >= 11 is 1.54. The third-order valence-corrected chi connectivity index (χ3v) is 3.07. The standard InChI is InChI=1S/C13H12FNOS/c1-9-2-3-11(14)12(6-9)15-13(16)7-10-4-5-17-8-10/h2-6,8H,7H2,1H3,(H,15,16). The van der Waals surface area contributed by atoms with Crippen LogP contribution in [-0.2, 0) is 11.2 Å². The Kier molecular flexibility index (Phi) is 3.54. The average Bonchev–Trinajstić information content (AvgIpc) is 2.76. The van der Waals surface area contributed by atoms with Crippen LogP contribution in [0.25, 0.3) is 0 Å². The number of benzene rings is 1. The van der Waals surface area contributed by atoms with E-state index in [9.17, 15) is 9.18 Å². The van der Waals surface area contributed by atoms with Crippen molar-refractivity contribution in [2.45, 2.75) is 13.3 Å². The van der Waals surface area contributed by atoms with Crippen LogP contribution in [0.5, 0.6) is 0 Å². The molecule has 4 heteroatoms. The summed E-state index contributed by atoms with van der Waals surface area (Å²) in [6.45, 7) is 1.86. The number of anilines is 1. The van der Waals surface area contributed by atoms with Crippen molar-refractivity contribution in [3.05, 3.63) is 52.0 Å². The highest BCUT2D eigenvalue weighted by atomic mass is 32.1. The molecule has 0 radical (unpaired) electrons. The molecule has 88 valence electrons. The lowest BCUT2D eigenvalue weighted by atomic mass is 10.2. The highest BCUT2D eigenvalue weighted by Gasteiger charge is 2.08. The number of carbonyl (C=O) groups is 1. The summed E-state index contributed by atoms with van der Waals surface area (Å²) in [4.78, 5) is 11.7. The van der Waals surface area contributed by atoms with Crippen LogP contribution in [0.2, 0.25) is 0 Å². The largest absolute Gasteiger partial charge is 0.323 e. The van der Waals surface area contributed by atoms with E-state index in [1.807, 2.05) is 23.8 Å². The number of hydrogen-bond donors (Lipinski definition) is 1. The molecule has 2 nitrogen and oxygen atoms in total. The van der Waals surface area contributed by atoms with Gasteiger partial charge in [-0.25, -0.2) is 4.39 Å². The van der Waals surface area contributed by atoms with E-state index in [4.69, 9.17) is 0 Å². The average molecular weight is 249 g/mol. The molecule has 0 saturated heterocycles. The van der Waals surface area contributed by atoms with Crippen LogP contribution in [-0.4, -0.2) is 5.91 Å². The van der Waals surface area contributed by atoms with Crippen LogP contribution >= 0.6 is 11.3 Å². The van der Waals surface area contributed by atoms with Crippen LogP contribution in [0.4, 0.5) is 10.1 Å². The molecular formula is C13H12FNOS. The van der Waals surface area contributed by atoms with Gasteiger partial charge in [0.1, 0.15) is 5.82 Å². The Bertz CT molecular complexity index is 522. The minimum atomic E-state index is -0.408. The third-order valence-electron chi connectivity index (χ3n) is 2.34. The van der Waals surface area contributed by atoms with E-state index < -0.39 is 5.82 Å². The highest BCUT2D eigenvalue weighted by molar-refractivity contribution is 7.08. The summed E-state index contributed by atoms with van der Waals surface area (Å²) in [6, 6.07) is 6.54. The summed E-state index contributed by atoms with van der Waals surface area (Å²) in [5.41, 5.74) is 2.10. The lowest BCUT2D eigenvalue weighted by molar-refractivity contribution is -0.115. The van der Waals surface area contributed by atoms with Crippen LogP contribution in [0.1, 0.15) is 11.1 Å². The topological polar surface area (TPSA) is 29.1 Å². The van der Waals surface area contributed by atoms with Crippen molar-refractivity contribution in [1.29, 1.82) is 0 Å². The summed E-state index contributed by atoms with van der Waals surface area (Å²) < 4.78 is 13.4.